The Labute approximate surface area is 216 Å². The van der Waals surface area contributed by atoms with Crippen molar-refractivity contribution in [1.29, 1.82) is 0 Å². The lowest BCUT2D eigenvalue weighted by atomic mass is 10.1. The molecule has 1 atom stereocenters. The first-order valence-corrected chi connectivity index (χ1v) is 12.4. The number of rotatable bonds is 4. The molecule has 0 spiro atoms. The highest BCUT2D eigenvalue weighted by atomic mass is 19.1. The van der Waals surface area contributed by atoms with E-state index in [1.54, 1.807) is 29.2 Å². The van der Waals surface area contributed by atoms with Crippen molar-refractivity contribution in [3.63, 3.8) is 0 Å². The van der Waals surface area contributed by atoms with E-state index in [0.29, 0.717) is 56.0 Å². The van der Waals surface area contributed by atoms with Gasteiger partial charge in [-0.1, -0.05) is 13.0 Å². The molecule has 4 rings (SSSR count). The number of hydrogen-bond acceptors (Lipinski definition) is 6. The summed E-state index contributed by atoms with van der Waals surface area (Å²) >= 11 is 0. The number of halogens is 1. The molecule has 0 radical (unpaired) electrons. The van der Waals surface area contributed by atoms with Crippen LogP contribution in [0.15, 0.2) is 36.4 Å². The van der Waals surface area contributed by atoms with Gasteiger partial charge >= 0.3 is 0 Å². The number of ether oxygens (including phenoxy) is 3. The minimum Gasteiger partial charge on any atom is -0.493 e. The van der Waals surface area contributed by atoms with Gasteiger partial charge in [0.05, 0.1) is 7.11 Å². The summed E-state index contributed by atoms with van der Waals surface area (Å²) in [7, 11) is 2.94. The van der Waals surface area contributed by atoms with Crippen molar-refractivity contribution in [2.75, 3.05) is 33.9 Å². The van der Waals surface area contributed by atoms with Gasteiger partial charge in [-0.3, -0.25) is 14.4 Å². The van der Waals surface area contributed by atoms with Gasteiger partial charge in [0.2, 0.25) is 5.91 Å². The minimum atomic E-state index is -0.574. The molecule has 0 aromatic heterocycles. The number of carbonyl (C=O) groups is 3. The third-order valence-electron chi connectivity index (χ3n) is 6.15. The molecule has 37 heavy (non-hydrogen) atoms. The highest BCUT2D eigenvalue weighted by Crippen LogP contribution is 2.34. The Morgan fingerprint density at radius 3 is 2.62 bits per heavy atom. The average Bonchev–Trinajstić information content (AvgIpc) is 2.89. The molecule has 2 aromatic carbocycles. The molecule has 2 N–H and O–H groups in total. The maximum absolute atomic E-state index is 14.7. The highest BCUT2D eigenvalue weighted by Gasteiger charge is 2.23. The predicted octanol–water partition coefficient (Wildman–Crippen LogP) is 3.41. The topological polar surface area (TPSA) is 106 Å². The maximum Gasteiger partial charge on any atom is 0.251 e. The van der Waals surface area contributed by atoms with E-state index in [4.69, 9.17) is 14.2 Å². The molecule has 2 aliphatic heterocycles. The van der Waals surface area contributed by atoms with Crippen molar-refractivity contribution in [1.82, 2.24) is 15.5 Å². The lowest BCUT2D eigenvalue weighted by molar-refractivity contribution is -0.142. The van der Waals surface area contributed by atoms with Crippen LogP contribution in [-0.2, 0) is 20.9 Å². The van der Waals surface area contributed by atoms with Crippen molar-refractivity contribution in [2.45, 2.75) is 45.3 Å². The van der Waals surface area contributed by atoms with Crippen LogP contribution in [0.5, 0.6) is 17.2 Å². The molecule has 200 valence electrons. The van der Waals surface area contributed by atoms with E-state index in [9.17, 15) is 18.8 Å². The molecule has 0 saturated heterocycles. The molecule has 2 aromatic rings. The molecule has 2 aliphatic rings. The zero-order valence-corrected chi connectivity index (χ0v) is 21.5. The summed E-state index contributed by atoms with van der Waals surface area (Å²) in [5, 5.41) is 5.59. The van der Waals surface area contributed by atoms with Gasteiger partial charge in [-0.05, 0) is 49.6 Å². The molecular weight excluding hydrogens is 481 g/mol. The summed E-state index contributed by atoms with van der Waals surface area (Å²) in [4.78, 5) is 39.8. The molecule has 2 heterocycles. The molecule has 9 nitrogen and oxygen atoms in total. The molecule has 0 saturated carbocycles. The van der Waals surface area contributed by atoms with Crippen molar-refractivity contribution < 1.29 is 33.0 Å². The Balaban J connectivity index is 1.87. The zero-order valence-electron chi connectivity index (χ0n) is 21.5. The van der Waals surface area contributed by atoms with E-state index in [1.165, 1.54) is 26.4 Å². The lowest BCUT2D eigenvalue weighted by Crippen LogP contribution is -2.42. The second kappa shape index (κ2) is 13.6. The molecule has 1 unspecified atom stereocenters. The monoisotopic (exact) mass is 515 g/mol. The van der Waals surface area contributed by atoms with E-state index in [2.05, 4.69) is 10.6 Å². The molecule has 10 heteroatoms. The Bertz CT molecular complexity index is 1110. The van der Waals surface area contributed by atoms with Crippen LogP contribution in [0.1, 0.15) is 48.5 Å². The number of methoxy groups -OCH3 is 2. The summed E-state index contributed by atoms with van der Waals surface area (Å²) in [6.45, 7) is 2.89. The first-order chi connectivity index (χ1) is 17.9. The molecular formula is C27H34FN3O6. The van der Waals surface area contributed by atoms with Gasteiger partial charge in [0.25, 0.3) is 11.8 Å². The quantitative estimate of drug-likeness (QED) is 0.647. The van der Waals surface area contributed by atoms with Crippen LogP contribution in [-0.4, -0.2) is 62.6 Å². The van der Waals surface area contributed by atoms with Crippen LogP contribution in [0, 0.1) is 5.82 Å². The molecule has 0 fully saturated rings. The number of nitrogens with zero attached hydrogens (tertiary/aromatic N) is 1. The van der Waals surface area contributed by atoms with Gasteiger partial charge < -0.3 is 29.7 Å². The fourth-order valence-electron chi connectivity index (χ4n) is 4.08. The molecule has 3 amide bonds. The summed E-state index contributed by atoms with van der Waals surface area (Å²) in [5.41, 5.74) is 0.549. The van der Waals surface area contributed by atoms with Crippen molar-refractivity contribution in [3.05, 3.63) is 53.3 Å². The van der Waals surface area contributed by atoms with Crippen LogP contribution in [0.25, 0.3) is 0 Å². The Hall–Kier alpha value is -3.66. The second-order valence-electron chi connectivity index (χ2n) is 8.63. The zero-order chi connectivity index (χ0) is 26.8. The summed E-state index contributed by atoms with van der Waals surface area (Å²) in [6, 6.07) is 9.09. The average molecular weight is 516 g/mol. The van der Waals surface area contributed by atoms with Crippen LogP contribution in [0.2, 0.25) is 0 Å². The van der Waals surface area contributed by atoms with Crippen LogP contribution in [0.4, 0.5) is 4.39 Å². The van der Waals surface area contributed by atoms with Crippen molar-refractivity contribution in [3.8, 4) is 17.2 Å². The van der Waals surface area contributed by atoms with Crippen LogP contribution >= 0.6 is 0 Å². The van der Waals surface area contributed by atoms with Crippen molar-refractivity contribution in [2.24, 2.45) is 0 Å². The van der Waals surface area contributed by atoms with Gasteiger partial charge in [-0.25, -0.2) is 4.39 Å². The minimum absolute atomic E-state index is 0.0755. The van der Waals surface area contributed by atoms with Crippen LogP contribution < -0.4 is 20.1 Å². The third-order valence-corrected chi connectivity index (χ3v) is 6.15. The van der Waals surface area contributed by atoms with E-state index < -0.39 is 11.9 Å². The number of benzene rings is 2. The van der Waals surface area contributed by atoms with Gasteiger partial charge in [-0.2, -0.15) is 0 Å². The lowest BCUT2D eigenvalue weighted by Gasteiger charge is -2.26. The van der Waals surface area contributed by atoms with Crippen LogP contribution in [0.3, 0.4) is 0 Å². The van der Waals surface area contributed by atoms with Gasteiger partial charge in [-0.15, -0.1) is 0 Å². The Kier molecular flexibility index (Phi) is 10.3. The molecule has 0 aliphatic carbocycles. The third kappa shape index (κ3) is 7.42. The van der Waals surface area contributed by atoms with E-state index >= 15 is 0 Å². The molecule has 2 bridgehead atoms. The highest BCUT2D eigenvalue weighted by molar-refractivity contribution is 5.94. The number of hydrogen-bond donors (Lipinski definition) is 2. The fraction of sp³-hybridized carbons (Fsp3) is 0.444. The number of carbonyl (C=O) groups excluding carboxylic acids is 3. The number of amides is 3. The SMILES string of the molecule is CCC(OC)C(=O)N1CCCNC(=O)c2ccc(c(OC)c2)Oc2cccc(F)c2CNC(=O)CCC1. The maximum atomic E-state index is 14.7. The number of fused-ring (bicyclic) bond motifs is 13. The van der Waals surface area contributed by atoms with E-state index in [1.807, 2.05) is 6.92 Å². The van der Waals surface area contributed by atoms with E-state index in [-0.39, 0.29) is 42.0 Å². The summed E-state index contributed by atoms with van der Waals surface area (Å²) < 4.78 is 31.3. The predicted molar refractivity (Wildman–Crippen MR) is 135 cm³/mol. The Morgan fingerprint density at radius 2 is 1.89 bits per heavy atom. The van der Waals surface area contributed by atoms with Gasteiger partial charge in [0, 0.05) is 50.8 Å². The van der Waals surface area contributed by atoms with Gasteiger partial charge in [0.1, 0.15) is 17.7 Å². The van der Waals surface area contributed by atoms with Gasteiger partial charge in [0.15, 0.2) is 11.5 Å². The second-order valence-corrected chi connectivity index (χ2v) is 8.63. The first-order valence-electron chi connectivity index (χ1n) is 12.4. The normalized spacial score (nSPS) is 16.3. The van der Waals surface area contributed by atoms with E-state index in [0.717, 1.165) is 0 Å². The summed E-state index contributed by atoms with van der Waals surface area (Å²) in [5.74, 6) is -0.440. The van der Waals surface area contributed by atoms with Crippen molar-refractivity contribution >= 4 is 17.7 Å². The summed E-state index contributed by atoms with van der Waals surface area (Å²) in [6.07, 6.45) is 1.05. The fourth-order valence-corrected chi connectivity index (χ4v) is 4.08. The first kappa shape index (κ1) is 27.9. The largest absolute Gasteiger partial charge is 0.493 e. The Morgan fingerprint density at radius 1 is 1.11 bits per heavy atom. The number of nitrogens with one attached hydrogen (secondary N) is 2. The smallest absolute Gasteiger partial charge is 0.251 e. The standard InChI is InChI=1S/C27H34FN3O6/c1-4-21(35-2)27(34)31-14-6-10-25(32)30-17-19-20(28)8-5-9-22(19)37-23-12-11-18(16-24(23)36-3)26(33)29-13-7-15-31/h5,8-9,11-12,16,21H,4,6-7,10,13-15,17H2,1-3H3,(H,29,33)(H,30,32).